The molecule has 0 aromatic carbocycles. The Balaban J connectivity index is 1.95. The van der Waals surface area contributed by atoms with Crippen LogP contribution in [0.5, 0.6) is 0 Å². The zero-order chi connectivity index (χ0) is 15.1. The van der Waals surface area contributed by atoms with Gasteiger partial charge in [-0.2, -0.15) is 0 Å². The number of allylic oxidation sites excluding steroid dienone is 1. The molecule has 8 heteroatoms. The Hall–Kier alpha value is -1.64. The van der Waals surface area contributed by atoms with Crippen LogP contribution in [0.25, 0.3) is 6.08 Å². The summed E-state index contributed by atoms with van der Waals surface area (Å²) in [5, 5.41) is 9.14. The third-order valence-electron chi connectivity index (χ3n) is 3.46. The molecule has 21 heavy (non-hydrogen) atoms. The highest BCUT2D eigenvalue weighted by molar-refractivity contribution is 8.00. The van der Waals surface area contributed by atoms with Gasteiger partial charge in [0.05, 0.1) is 11.2 Å². The van der Waals surface area contributed by atoms with Crippen LogP contribution in [0.1, 0.15) is 10.6 Å². The number of thiazole rings is 1. The van der Waals surface area contributed by atoms with Crippen LogP contribution < -0.4 is 5.73 Å². The summed E-state index contributed by atoms with van der Waals surface area (Å²) in [6.07, 6.45) is 3.60. The highest BCUT2D eigenvalue weighted by Crippen LogP contribution is 2.39. The number of carboxylic acids is 1. The second-order valence-electron chi connectivity index (χ2n) is 4.75. The first kappa shape index (κ1) is 14.3. The van der Waals surface area contributed by atoms with Gasteiger partial charge in [0.15, 0.2) is 0 Å². The zero-order valence-electron chi connectivity index (χ0n) is 11.1. The molecule has 0 bridgehead atoms. The molecule has 3 heterocycles. The molecule has 0 radical (unpaired) electrons. The van der Waals surface area contributed by atoms with Gasteiger partial charge in [-0.3, -0.25) is 9.69 Å². The topological polar surface area (TPSA) is 96.5 Å². The van der Waals surface area contributed by atoms with E-state index in [1.54, 1.807) is 11.6 Å². The van der Waals surface area contributed by atoms with E-state index in [0.717, 1.165) is 10.6 Å². The number of amides is 1. The number of rotatable bonds is 3. The second-order valence-corrected chi connectivity index (χ2v) is 6.74. The van der Waals surface area contributed by atoms with Crippen molar-refractivity contribution >= 4 is 41.1 Å². The Morgan fingerprint density at radius 2 is 2.33 bits per heavy atom. The van der Waals surface area contributed by atoms with Crippen LogP contribution in [0.3, 0.4) is 0 Å². The van der Waals surface area contributed by atoms with Gasteiger partial charge >= 0.3 is 5.97 Å². The van der Waals surface area contributed by atoms with Gasteiger partial charge in [0.25, 0.3) is 0 Å². The number of carbonyl (C=O) groups excluding carboxylic acids is 1. The van der Waals surface area contributed by atoms with Crippen molar-refractivity contribution in [3.05, 3.63) is 33.4 Å². The van der Waals surface area contributed by atoms with E-state index < -0.39 is 12.0 Å². The van der Waals surface area contributed by atoms with Gasteiger partial charge in [0, 0.05) is 10.6 Å². The number of nitrogens with two attached hydrogens (primary N) is 1. The predicted molar refractivity (Wildman–Crippen MR) is 81.6 cm³/mol. The Kier molecular flexibility index (Phi) is 3.60. The molecule has 2 atom stereocenters. The SMILES string of the molecule is Cc1ncsc1C=CC1=C(C(=O)O)N2C(=O)C(N)[C@@H]2SC1. The normalized spacial score (nSPS) is 25.2. The first-order valence-electron chi connectivity index (χ1n) is 6.25. The number of hydrogen-bond donors (Lipinski definition) is 2. The van der Waals surface area contributed by atoms with Crippen LogP contribution in [0.15, 0.2) is 22.9 Å². The van der Waals surface area contributed by atoms with Crippen molar-refractivity contribution in [3.63, 3.8) is 0 Å². The first-order chi connectivity index (χ1) is 10.0. The van der Waals surface area contributed by atoms with Crippen molar-refractivity contribution in [3.8, 4) is 0 Å². The van der Waals surface area contributed by atoms with E-state index in [2.05, 4.69) is 4.98 Å². The smallest absolute Gasteiger partial charge is 0.352 e. The molecule has 2 aliphatic rings. The van der Waals surface area contributed by atoms with Crippen molar-refractivity contribution in [1.29, 1.82) is 0 Å². The number of fused-ring (bicyclic) bond motifs is 1. The van der Waals surface area contributed by atoms with Crippen molar-refractivity contribution < 1.29 is 14.7 Å². The number of aliphatic carboxylic acids is 1. The fourth-order valence-corrected chi connectivity index (χ4v) is 4.27. The van der Waals surface area contributed by atoms with E-state index in [-0.39, 0.29) is 17.0 Å². The average Bonchev–Trinajstić information content (AvgIpc) is 2.88. The molecule has 1 aromatic heterocycles. The van der Waals surface area contributed by atoms with Crippen LogP contribution in [0, 0.1) is 6.92 Å². The van der Waals surface area contributed by atoms with E-state index in [1.807, 2.05) is 13.0 Å². The summed E-state index contributed by atoms with van der Waals surface area (Å²) < 4.78 is 0. The highest BCUT2D eigenvalue weighted by atomic mass is 32.2. The summed E-state index contributed by atoms with van der Waals surface area (Å²) in [7, 11) is 0. The lowest BCUT2D eigenvalue weighted by Gasteiger charge is -2.47. The summed E-state index contributed by atoms with van der Waals surface area (Å²) in [5.74, 6) is -0.899. The molecule has 1 unspecified atom stereocenters. The third kappa shape index (κ3) is 2.29. The number of aryl methyl sites for hydroxylation is 1. The van der Waals surface area contributed by atoms with Crippen LogP contribution >= 0.6 is 23.1 Å². The molecule has 3 N–H and O–H groups in total. The molecular weight excluding hydrogens is 310 g/mol. The number of carbonyl (C=O) groups is 2. The second kappa shape index (κ2) is 5.28. The van der Waals surface area contributed by atoms with E-state index in [0.29, 0.717) is 11.3 Å². The Bertz CT molecular complexity index is 680. The number of aromatic nitrogens is 1. The van der Waals surface area contributed by atoms with Crippen molar-refractivity contribution in [2.75, 3.05) is 5.75 Å². The van der Waals surface area contributed by atoms with Gasteiger partial charge in [-0.15, -0.1) is 23.1 Å². The first-order valence-corrected chi connectivity index (χ1v) is 8.18. The quantitative estimate of drug-likeness (QED) is 0.807. The monoisotopic (exact) mass is 323 g/mol. The zero-order valence-corrected chi connectivity index (χ0v) is 12.8. The lowest BCUT2D eigenvalue weighted by molar-refractivity contribution is -0.147. The van der Waals surface area contributed by atoms with Crippen LogP contribution in [-0.2, 0) is 9.59 Å². The van der Waals surface area contributed by atoms with E-state index >= 15 is 0 Å². The van der Waals surface area contributed by atoms with Gasteiger partial charge in [-0.05, 0) is 18.6 Å². The molecule has 3 rings (SSSR count). The summed E-state index contributed by atoms with van der Waals surface area (Å²) in [5.41, 5.74) is 9.01. The maximum atomic E-state index is 11.8. The lowest BCUT2D eigenvalue weighted by Crippen LogP contribution is -2.68. The molecule has 0 spiro atoms. The Labute approximate surface area is 129 Å². The van der Waals surface area contributed by atoms with Crippen molar-refractivity contribution in [2.45, 2.75) is 18.3 Å². The fraction of sp³-hybridized carbons (Fsp3) is 0.308. The standard InChI is InChI=1S/C13H13N3O3S2/c1-6-8(21-5-15-6)3-2-7-4-20-12-9(14)11(17)16(12)10(7)13(18)19/h2-3,5,9,12H,4,14H2,1H3,(H,18,19)/t9?,12-/m0/s1. The number of thioether (sulfide) groups is 1. The van der Waals surface area contributed by atoms with Gasteiger partial charge in [0.1, 0.15) is 17.1 Å². The number of β-lactam (4-membered cyclic amide) rings is 1. The minimum absolute atomic E-state index is 0.0452. The predicted octanol–water partition coefficient (Wildman–Crippen LogP) is 1.05. The molecule has 1 aromatic rings. The van der Waals surface area contributed by atoms with Crippen molar-refractivity contribution in [1.82, 2.24) is 9.88 Å². The van der Waals surface area contributed by atoms with E-state index in [1.165, 1.54) is 28.0 Å². The van der Waals surface area contributed by atoms with Crippen molar-refractivity contribution in [2.24, 2.45) is 5.73 Å². The highest BCUT2D eigenvalue weighted by Gasteiger charge is 2.51. The summed E-state index contributed by atoms with van der Waals surface area (Å²) >= 11 is 2.98. The fourth-order valence-electron chi connectivity index (χ4n) is 2.32. The molecule has 0 saturated carbocycles. The van der Waals surface area contributed by atoms with Gasteiger partial charge in [-0.1, -0.05) is 6.08 Å². The van der Waals surface area contributed by atoms with Gasteiger partial charge in [0.2, 0.25) is 5.91 Å². The number of nitrogens with zero attached hydrogens (tertiary/aromatic N) is 2. The minimum Gasteiger partial charge on any atom is -0.477 e. The molecule has 1 saturated heterocycles. The van der Waals surface area contributed by atoms with Crippen LogP contribution in [0.2, 0.25) is 0 Å². The molecule has 1 fully saturated rings. The molecule has 0 aliphatic carbocycles. The van der Waals surface area contributed by atoms with E-state index in [9.17, 15) is 14.7 Å². The summed E-state index contributed by atoms with van der Waals surface area (Å²) in [6, 6.07) is -0.598. The number of carboxylic acid groups (broad SMARTS) is 1. The minimum atomic E-state index is -1.10. The van der Waals surface area contributed by atoms with Crippen LogP contribution in [-0.4, -0.2) is 44.0 Å². The summed E-state index contributed by atoms with van der Waals surface area (Å²) in [6.45, 7) is 1.90. The summed E-state index contributed by atoms with van der Waals surface area (Å²) in [4.78, 5) is 29.7. The largest absolute Gasteiger partial charge is 0.477 e. The lowest BCUT2D eigenvalue weighted by atomic mass is 10.0. The number of hydrogen-bond acceptors (Lipinski definition) is 6. The maximum absolute atomic E-state index is 11.8. The molecule has 2 aliphatic heterocycles. The van der Waals surface area contributed by atoms with Gasteiger partial charge in [-0.25, -0.2) is 9.78 Å². The molecule has 110 valence electrons. The maximum Gasteiger partial charge on any atom is 0.352 e. The Morgan fingerprint density at radius 3 is 2.95 bits per heavy atom. The third-order valence-corrected chi connectivity index (χ3v) is 5.68. The molecule has 1 amide bonds. The molecular formula is C13H13N3O3S2. The molecule has 6 nitrogen and oxygen atoms in total. The van der Waals surface area contributed by atoms with E-state index in [4.69, 9.17) is 5.73 Å². The average molecular weight is 323 g/mol. The van der Waals surface area contributed by atoms with Crippen LogP contribution in [0.4, 0.5) is 0 Å². The van der Waals surface area contributed by atoms with Gasteiger partial charge < -0.3 is 10.8 Å². The Morgan fingerprint density at radius 1 is 1.57 bits per heavy atom.